The maximum absolute atomic E-state index is 11.9. The van der Waals surface area contributed by atoms with Gasteiger partial charge < -0.3 is 28.8 Å². The smallest absolute Gasteiger partial charge is 0.307 e. The van der Waals surface area contributed by atoms with Gasteiger partial charge in [0.05, 0.1) is 39.9 Å². The van der Waals surface area contributed by atoms with Gasteiger partial charge in [0.15, 0.2) is 0 Å². The molecule has 2 aromatic carbocycles. The molecule has 0 heterocycles. The quantitative estimate of drug-likeness (QED) is 0.117. The Bertz CT molecular complexity index is 1400. The molecule has 3 atom stereocenters. The van der Waals surface area contributed by atoms with Gasteiger partial charge in [-0.15, -0.1) is 13.2 Å². The number of carboxylic acid groups (broad SMARTS) is 1. The minimum absolute atomic E-state index is 0. The predicted octanol–water partition coefficient (Wildman–Crippen LogP) is 11.0. The fraction of sp³-hybridized carbons (Fsp3) is 0.436. The van der Waals surface area contributed by atoms with Crippen LogP contribution in [0.5, 0.6) is 23.0 Å². The summed E-state index contributed by atoms with van der Waals surface area (Å²) in [5, 5.41) is 9.77. The second kappa shape index (κ2) is 23.8. The van der Waals surface area contributed by atoms with Crippen LogP contribution in [0, 0.1) is 5.92 Å². The number of methoxy groups -OCH3 is 4. The Balaban J connectivity index is 0.000000922. The lowest BCUT2D eigenvalue weighted by atomic mass is 9.81. The molecule has 2 rings (SSSR count). The molecule has 0 saturated carbocycles. The molecule has 10 heteroatoms. The van der Waals surface area contributed by atoms with E-state index in [1.165, 1.54) is 0 Å². The predicted molar refractivity (Wildman–Crippen MR) is 207 cm³/mol. The number of rotatable bonds is 18. The van der Waals surface area contributed by atoms with Crippen LogP contribution in [0.3, 0.4) is 0 Å². The molecular formula is C39H54Br2O8. The average Bonchev–Trinajstić information content (AvgIpc) is 3.02. The number of ether oxygens (including phenoxy) is 5. The minimum Gasteiger partial charge on any atom is -0.496 e. The molecular weight excluding hydrogens is 756 g/mol. The molecule has 0 aliphatic heterocycles. The summed E-state index contributed by atoms with van der Waals surface area (Å²) in [4.78, 5) is 23.7. The summed E-state index contributed by atoms with van der Waals surface area (Å²) < 4.78 is 28.8. The van der Waals surface area contributed by atoms with E-state index < -0.39 is 11.9 Å². The van der Waals surface area contributed by atoms with Crippen molar-refractivity contribution < 1.29 is 38.4 Å². The van der Waals surface area contributed by atoms with E-state index in [4.69, 9.17) is 23.7 Å². The van der Waals surface area contributed by atoms with E-state index in [0.29, 0.717) is 42.3 Å². The summed E-state index contributed by atoms with van der Waals surface area (Å²) >= 11 is 6.84. The SMILES string of the molecule is C.C=C(C)CCCC(=O)O[C@@H](C)/C=C/c1c(OC)cc(Br)cc1OC.C=C(C)CC[C@@H](C(=O)O)[C@@H](/C=C/C)c1c(OC)cc(Br)cc1OC. The van der Waals surface area contributed by atoms with E-state index in [1.54, 1.807) is 28.4 Å². The van der Waals surface area contributed by atoms with Crippen molar-refractivity contribution in [2.24, 2.45) is 5.92 Å². The topological polar surface area (TPSA) is 101 Å². The Morgan fingerprint density at radius 1 is 0.816 bits per heavy atom. The third-order valence-corrected chi connectivity index (χ3v) is 8.13. The first-order valence-electron chi connectivity index (χ1n) is 15.6. The highest BCUT2D eigenvalue weighted by atomic mass is 79.9. The van der Waals surface area contributed by atoms with Crippen molar-refractivity contribution in [3.8, 4) is 23.0 Å². The van der Waals surface area contributed by atoms with Crippen LogP contribution in [-0.2, 0) is 14.3 Å². The van der Waals surface area contributed by atoms with Gasteiger partial charge in [0, 0.05) is 26.8 Å². The summed E-state index contributed by atoms with van der Waals surface area (Å²) in [6.07, 6.45) is 10.2. The second-order valence-corrected chi connectivity index (χ2v) is 13.1. The van der Waals surface area contributed by atoms with E-state index in [2.05, 4.69) is 45.0 Å². The van der Waals surface area contributed by atoms with Crippen LogP contribution in [0.25, 0.3) is 6.08 Å². The highest BCUT2D eigenvalue weighted by Gasteiger charge is 2.32. The first kappa shape index (κ1) is 45.5. The lowest BCUT2D eigenvalue weighted by Crippen LogP contribution is -2.22. The number of hydrogen-bond acceptors (Lipinski definition) is 7. The van der Waals surface area contributed by atoms with Crippen LogP contribution in [0.15, 0.2) is 75.7 Å². The van der Waals surface area contributed by atoms with E-state index in [9.17, 15) is 14.7 Å². The Morgan fingerprint density at radius 2 is 1.29 bits per heavy atom. The van der Waals surface area contributed by atoms with Gasteiger partial charge in [0.2, 0.25) is 0 Å². The molecule has 0 spiro atoms. The number of benzene rings is 2. The monoisotopic (exact) mass is 808 g/mol. The fourth-order valence-electron chi connectivity index (χ4n) is 4.88. The molecule has 0 unspecified atom stereocenters. The van der Waals surface area contributed by atoms with E-state index in [-0.39, 0.29) is 25.4 Å². The number of allylic oxidation sites excluding steroid dienone is 4. The molecule has 8 nitrogen and oxygen atoms in total. The van der Waals surface area contributed by atoms with Crippen molar-refractivity contribution in [2.75, 3.05) is 28.4 Å². The van der Waals surface area contributed by atoms with Crippen LogP contribution < -0.4 is 18.9 Å². The number of esters is 1. The molecule has 0 aliphatic carbocycles. The van der Waals surface area contributed by atoms with Gasteiger partial charge in [-0.2, -0.15) is 0 Å². The molecule has 0 fully saturated rings. The third-order valence-electron chi connectivity index (χ3n) is 7.22. The molecule has 0 aliphatic rings. The van der Waals surface area contributed by atoms with Crippen molar-refractivity contribution in [3.05, 3.63) is 86.9 Å². The van der Waals surface area contributed by atoms with Crippen LogP contribution in [-0.4, -0.2) is 51.6 Å². The van der Waals surface area contributed by atoms with Crippen LogP contribution in [0.4, 0.5) is 0 Å². The molecule has 49 heavy (non-hydrogen) atoms. The molecule has 0 saturated heterocycles. The number of hydrogen-bond donors (Lipinski definition) is 1. The zero-order chi connectivity index (χ0) is 36.4. The van der Waals surface area contributed by atoms with E-state index in [0.717, 1.165) is 44.1 Å². The number of aliphatic carboxylic acids is 1. The number of halogens is 2. The zero-order valence-corrected chi connectivity index (χ0v) is 32.5. The first-order valence-corrected chi connectivity index (χ1v) is 17.2. The van der Waals surface area contributed by atoms with Crippen molar-refractivity contribution in [3.63, 3.8) is 0 Å². The molecule has 1 N–H and O–H groups in total. The van der Waals surface area contributed by atoms with Gasteiger partial charge in [-0.05, 0) is 89.8 Å². The lowest BCUT2D eigenvalue weighted by molar-refractivity contribution is -0.146. The van der Waals surface area contributed by atoms with Gasteiger partial charge >= 0.3 is 11.9 Å². The second-order valence-electron chi connectivity index (χ2n) is 11.3. The largest absolute Gasteiger partial charge is 0.496 e. The summed E-state index contributed by atoms with van der Waals surface area (Å²) in [6, 6.07) is 7.37. The normalized spacial score (nSPS) is 12.5. The van der Waals surface area contributed by atoms with Gasteiger partial charge in [-0.1, -0.05) is 62.6 Å². The Morgan fingerprint density at radius 3 is 1.69 bits per heavy atom. The maximum atomic E-state index is 11.9. The summed E-state index contributed by atoms with van der Waals surface area (Å²) in [5.74, 6) is 0.563. The van der Waals surface area contributed by atoms with Crippen molar-refractivity contribution in [2.45, 2.75) is 79.2 Å². The van der Waals surface area contributed by atoms with Gasteiger partial charge in [-0.3, -0.25) is 9.59 Å². The van der Waals surface area contributed by atoms with Gasteiger partial charge in [-0.25, -0.2) is 0 Å². The van der Waals surface area contributed by atoms with Crippen molar-refractivity contribution >= 4 is 49.9 Å². The molecule has 272 valence electrons. The summed E-state index contributed by atoms with van der Waals surface area (Å²) in [7, 11) is 6.34. The summed E-state index contributed by atoms with van der Waals surface area (Å²) in [6.45, 7) is 15.3. The fourth-order valence-corrected chi connectivity index (χ4v) is 5.71. The van der Waals surface area contributed by atoms with E-state index in [1.807, 2.05) is 76.3 Å². The minimum atomic E-state index is -0.841. The van der Waals surface area contributed by atoms with Crippen molar-refractivity contribution in [1.29, 1.82) is 0 Å². The number of carboxylic acids is 1. The zero-order valence-electron chi connectivity index (χ0n) is 29.4. The molecule has 0 radical (unpaired) electrons. The Labute approximate surface area is 310 Å². The van der Waals surface area contributed by atoms with Gasteiger partial charge in [0.1, 0.15) is 29.1 Å². The van der Waals surface area contributed by atoms with E-state index >= 15 is 0 Å². The number of carbonyl (C=O) groups is 2. The molecule has 0 bridgehead atoms. The van der Waals surface area contributed by atoms with Crippen LogP contribution >= 0.6 is 31.9 Å². The van der Waals surface area contributed by atoms with Crippen molar-refractivity contribution in [1.82, 2.24) is 0 Å². The highest BCUT2D eigenvalue weighted by Crippen LogP contribution is 2.43. The molecule has 0 amide bonds. The number of carbonyl (C=O) groups excluding carboxylic acids is 1. The standard InChI is InChI=1S/2C19H25BrO4.CH4/c1-13(2)7-6-8-19(21)24-14(3)9-10-16-17(22-4)11-15(20)12-18(16)23-5;1-6-7-14(15(19(21)22)9-8-12(2)3)18-16(23-4)10-13(20)11-17(18)24-5;/h9-12,14H,1,6-8H2,2-5H3;6-7,10-11,14-15H,2,8-9H2,1,3-5H3,(H,21,22);1H4/b10-9+;7-6+;/t14-;14-,15-;/m01./s1. The third kappa shape index (κ3) is 15.7. The Kier molecular flexibility index (Phi) is 22.1. The first-order chi connectivity index (χ1) is 22.7. The summed E-state index contributed by atoms with van der Waals surface area (Å²) in [5.41, 5.74) is 3.59. The molecule has 0 aromatic heterocycles. The Hall–Kier alpha value is -3.50. The average molecular weight is 811 g/mol. The van der Waals surface area contributed by atoms with Crippen LogP contribution in [0.2, 0.25) is 0 Å². The maximum Gasteiger partial charge on any atom is 0.307 e. The lowest BCUT2D eigenvalue weighted by Gasteiger charge is -2.25. The highest BCUT2D eigenvalue weighted by molar-refractivity contribution is 9.10. The molecule has 2 aromatic rings. The van der Waals surface area contributed by atoms with Crippen LogP contribution in [0.1, 0.15) is 84.3 Å². The van der Waals surface area contributed by atoms with Gasteiger partial charge in [0.25, 0.3) is 0 Å².